The summed E-state index contributed by atoms with van der Waals surface area (Å²) in [4.78, 5) is 12.1. The van der Waals surface area contributed by atoms with E-state index in [1.54, 1.807) is 7.11 Å². The molecule has 0 bridgehead atoms. The molecular formula is C15H21N3OS. The summed E-state index contributed by atoms with van der Waals surface area (Å²) in [6.07, 6.45) is 3.55. The predicted octanol–water partition coefficient (Wildman–Crippen LogP) is 3.57. The molecule has 0 fully saturated rings. The minimum atomic E-state index is -0.0524. The highest BCUT2D eigenvalue weighted by molar-refractivity contribution is 7.19. The highest BCUT2D eigenvalue weighted by Crippen LogP contribution is 2.40. The smallest absolute Gasteiger partial charge is 0.161 e. The number of aryl methyl sites for hydroxylation is 2. The maximum atomic E-state index is 5.58. The van der Waals surface area contributed by atoms with Crippen LogP contribution in [0.15, 0.2) is 0 Å². The Balaban J connectivity index is 2.18. The molecule has 0 radical (unpaired) electrons. The first-order chi connectivity index (χ1) is 9.65. The van der Waals surface area contributed by atoms with Crippen molar-refractivity contribution in [2.75, 3.05) is 19.5 Å². The third-order valence-corrected chi connectivity index (χ3v) is 5.12. The molecule has 2 aromatic heterocycles. The number of ether oxygens (including phenoxy) is 1. The quantitative estimate of drug-likeness (QED) is 0.935. The zero-order valence-electron chi connectivity index (χ0n) is 12.5. The van der Waals surface area contributed by atoms with Crippen LogP contribution in [0.3, 0.4) is 0 Å². The van der Waals surface area contributed by atoms with E-state index in [9.17, 15) is 0 Å². The van der Waals surface area contributed by atoms with E-state index < -0.39 is 0 Å². The SMILES string of the molecule is CNc1nc(C(OC)C(C)C)nc2sc3c(c12)CCC3. The normalized spacial score (nSPS) is 15.8. The van der Waals surface area contributed by atoms with E-state index in [-0.39, 0.29) is 6.10 Å². The van der Waals surface area contributed by atoms with Gasteiger partial charge in [-0.05, 0) is 30.7 Å². The Labute approximate surface area is 123 Å². The van der Waals surface area contributed by atoms with Crippen LogP contribution in [0.5, 0.6) is 0 Å². The van der Waals surface area contributed by atoms with Gasteiger partial charge in [0.1, 0.15) is 16.8 Å². The lowest BCUT2D eigenvalue weighted by atomic mass is 10.1. The molecular weight excluding hydrogens is 270 g/mol. The second-order valence-electron chi connectivity index (χ2n) is 5.62. The van der Waals surface area contributed by atoms with E-state index in [4.69, 9.17) is 14.7 Å². The number of thiophene rings is 1. The summed E-state index contributed by atoms with van der Waals surface area (Å²) in [5.41, 5.74) is 1.46. The third-order valence-electron chi connectivity index (χ3n) is 3.93. The number of anilines is 1. The van der Waals surface area contributed by atoms with Gasteiger partial charge in [0.05, 0.1) is 5.39 Å². The third kappa shape index (κ3) is 2.09. The van der Waals surface area contributed by atoms with Gasteiger partial charge in [0, 0.05) is 19.0 Å². The molecule has 4 nitrogen and oxygen atoms in total. The number of fused-ring (bicyclic) bond motifs is 3. The van der Waals surface area contributed by atoms with Crippen LogP contribution >= 0.6 is 11.3 Å². The van der Waals surface area contributed by atoms with Crippen molar-refractivity contribution in [2.24, 2.45) is 5.92 Å². The lowest BCUT2D eigenvalue weighted by Crippen LogP contribution is -2.13. The van der Waals surface area contributed by atoms with Gasteiger partial charge in [-0.1, -0.05) is 13.8 Å². The molecule has 5 heteroatoms. The Morgan fingerprint density at radius 3 is 2.70 bits per heavy atom. The lowest BCUT2D eigenvalue weighted by molar-refractivity contribution is 0.0579. The van der Waals surface area contributed by atoms with Gasteiger partial charge < -0.3 is 10.1 Å². The van der Waals surface area contributed by atoms with Crippen molar-refractivity contribution in [2.45, 2.75) is 39.2 Å². The Bertz CT molecular complexity index is 636. The van der Waals surface area contributed by atoms with Crippen molar-refractivity contribution in [1.29, 1.82) is 0 Å². The van der Waals surface area contributed by atoms with Gasteiger partial charge in [0.2, 0.25) is 0 Å². The van der Waals surface area contributed by atoms with Crippen molar-refractivity contribution in [3.8, 4) is 0 Å². The van der Waals surface area contributed by atoms with Crippen molar-refractivity contribution >= 4 is 27.4 Å². The van der Waals surface area contributed by atoms with Crippen LogP contribution in [0, 0.1) is 5.92 Å². The molecule has 108 valence electrons. The van der Waals surface area contributed by atoms with Crippen LogP contribution in [0.25, 0.3) is 10.2 Å². The highest BCUT2D eigenvalue weighted by Gasteiger charge is 2.25. The molecule has 20 heavy (non-hydrogen) atoms. The summed E-state index contributed by atoms with van der Waals surface area (Å²) >= 11 is 1.82. The molecule has 1 unspecified atom stereocenters. The number of aromatic nitrogens is 2. The Morgan fingerprint density at radius 2 is 2.05 bits per heavy atom. The van der Waals surface area contributed by atoms with Crippen molar-refractivity contribution < 1.29 is 4.74 Å². The monoisotopic (exact) mass is 291 g/mol. The topological polar surface area (TPSA) is 47.0 Å². The van der Waals surface area contributed by atoms with Gasteiger partial charge in [-0.15, -0.1) is 11.3 Å². The molecule has 2 aromatic rings. The number of rotatable bonds is 4. The molecule has 1 atom stereocenters. The summed E-state index contributed by atoms with van der Waals surface area (Å²) in [7, 11) is 3.66. The van der Waals surface area contributed by atoms with E-state index in [1.165, 1.54) is 28.7 Å². The van der Waals surface area contributed by atoms with Crippen LogP contribution in [0.4, 0.5) is 5.82 Å². The van der Waals surface area contributed by atoms with Crippen LogP contribution in [-0.2, 0) is 17.6 Å². The van der Waals surface area contributed by atoms with Crippen molar-refractivity contribution in [3.05, 3.63) is 16.3 Å². The second-order valence-corrected chi connectivity index (χ2v) is 6.70. The lowest BCUT2D eigenvalue weighted by Gasteiger charge is -2.18. The van der Waals surface area contributed by atoms with Gasteiger partial charge in [-0.3, -0.25) is 0 Å². The molecule has 0 spiro atoms. The molecule has 0 saturated carbocycles. The van der Waals surface area contributed by atoms with Crippen molar-refractivity contribution in [1.82, 2.24) is 9.97 Å². The molecule has 0 amide bonds. The van der Waals surface area contributed by atoms with E-state index in [0.717, 1.165) is 22.9 Å². The van der Waals surface area contributed by atoms with E-state index in [1.807, 2.05) is 18.4 Å². The van der Waals surface area contributed by atoms with Crippen LogP contribution in [0.2, 0.25) is 0 Å². The number of nitrogens with zero attached hydrogens (tertiary/aromatic N) is 2. The number of nitrogens with one attached hydrogen (secondary N) is 1. The summed E-state index contributed by atoms with van der Waals surface area (Å²) in [5.74, 6) is 2.10. The number of methoxy groups -OCH3 is 1. The summed E-state index contributed by atoms with van der Waals surface area (Å²) in [5, 5.41) is 4.47. The molecule has 0 aliphatic heterocycles. The summed E-state index contributed by atoms with van der Waals surface area (Å²) < 4.78 is 5.58. The largest absolute Gasteiger partial charge is 0.373 e. The maximum absolute atomic E-state index is 5.58. The van der Waals surface area contributed by atoms with E-state index >= 15 is 0 Å². The Kier molecular flexibility index (Phi) is 3.65. The molecule has 3 rings (SSSR count). The van der Waals surface area contributed by atoms with Gasteiger partial charge in [-0.2, -0.15) is 0 Å². The average Bonchev–Trinajstić information content (AvgIpc) is 2.98. The van der Waals surface area contributed by atoms with E-state index in [2.05, 4.69) is 19.2 Å². The summed E-state index contributed by atoms with van der Waals surface area (Å²) in [6.45, 7) is 4.27. The van der Waals surface area contributed by atoms with Gasteiger partial charge in [-0.25, -0.2) is 9.97 Å². The first-order valence-corrected chi connectivity index (χ1v) is 8.00. The Hall–Kier alpha value is -1.20. The van der Waals surface area contributed by atoms with Gasteiger partial charge in [0.15, 0.2) is 5.82 Å². The maximum Gasteiger partial charge on any atom is 0.161 e. The predicted molar refractivity (Wildman–Crippen MR) is 83.6 cm³/mol. The summed E-state index contributed by atoms with van der Waals surface area (Å²) in [6, 6.07) is 0. The number of hydrogen-bond acceptors (Lipinski definition) is 5. The number of hydrogen-bond donors (Lipinski definition) is 1. The molecule has 1 N–H and O–H groups in total. The first-order valence-electron chi connectivity index (χ1n) is 7.18. The fourth-order valence-electron chi connectivity index (χ4n) is 3.00. The average molecular weight is 291 g/mol. The van der Waals surface area contributed by atoms with Crippen LogP contribution < -0.4 is 5.32 Å². The van der Waals surface area contributed by atoms with Crippen LogP contribution in [0.1, 0.15) is 42.6 Å². The highest BCUT2D eigenvalue weighted by atomic mass is 32.1. The van der Waals surface area contributed by atoms with Crippen molar-refractivity contribution in [3.63, 3.8) is 0 Å². The zero-order valence-corrected chi connectivity index (χ0v) is 13.3. The fourth-order valence-corrected chi connectivity index (χ4v) is 4.26. The zero-order chi connectivity index (χ0) is 14.3. The molecule has 1 aliphatic carbocycles. The molecule has 2 heterocycles. The van der Waals surface area contributed by atoms with Gasteiger partial charge in [0.25, 0.3) is 0 Å². The van der Waals surface area contributed by atoms with Gasteiger partial charge >= 0.3 is 0 Å². The molecule has 1 aliphatic rings. The molecule has 0 aromatic carbocycles. The Morgan fingerprint density at radius 1 is 1.25 bits per heavy atom. The van der Waals surface area contributed by atoms with Crippen LogP contribution in [-0.4, -0.2) is 24.1 Å². The molecule has 0 saturated heterocycles. The second kappa shape index (κ2) is 5.30. The first kappa shape index (κ1) is 13.8. The fraction of sp³-hybridized carbons (Fsp3) is 0.600. The minimum Gasteiger partial charge on any atom is -0.373 e. The minimum absolute atomic E-state index is 0.0524. The van der Waals surface area contributed by atoms with E-state index in [0.29, 0.717) is 5.92 Å². The standard InChI is InChI=1S/C15H21N3OS/c1-8(2)12(19-4)14-17-13(16-3)11-9-6-5-7-10(9)20-15(11)18-14/h8,12H,5-7H2,1-4H3,(H,16,17,18).